The minimum Gasteiger partial charge on any atom is -0.456 e. The van der Waals surface area contributed by atoms with Gasteiger partial charge in [-0.15, -0.1) is 0 Å². The van der Waals surface area contributed by atoms with E-state index in [9.17, 15) is 9.60 Å². The van der Waals surface area contributed by atoms with Crippen LogP contribution in [0.4, 0.5) is 0 Å². The number of fused-ring (bicyclic) bond motifs is 4. The van der Waals surface area contributed by atoms with Crippen LogP contribution in [0, 0.1) is 0 Å². The second kappa shape index (κ2) is 10.4. The van der Waals surface area contributed by atoms with Crippen LogP contribution in [0.25, 0.3) is 88.0 Å². The third-order valence-electron chi connectivity index (χ3n) is 7.51. The molecule has 1 heteroatoms. The predicted octanol–water partition coefficient (Wildman–Crippen LogP) is 12.6. The van der Waals surface area contributed by atoms with Gasteiger partial charge in [-0.25, -0.2) is 0 Å². The molecule has 0 fully saturated rings. The summed E-state index contributed by atoms with van der Waals surface area (Å²) in [6.07, 6.45) is 0. The average molecular weight is 594 g/mol. The highest BCUT2D eigenvalue weighted by Gasteiger charge is 2.18. The van der Waals surface area contributed by atoms with Crippen LogP contribution in [-0.2, 0) is 0 Å². The third-order valence-corrected chi connectivity index (χ3v) is 7.51. The Bertz CT molecular complexity index is 3580. The van der Waals surface area contributed by atoms with Crippen LogP contribution in [0.5, 0.6) is 0 Å². The molecule has 0 unspecified atom stereocenters. The number of furan rings is 1. The first kappa shape index (κ1) is 12.2. The van der Waals surface area contributed by atoms with E-state index in [-0.39, 0.29) is 27.1 Å². The number of rotatable bonds is 4. The van der Waals surface area contributed by atoms with E-state index < -0.39 is 171 Å². The van der Waals surface area contributed by atoms with Crippen LogP contribution < -0.4 is 0 Å². The van der Waals surface area contributed by atoms with Crippen LogP contribution >= 0.6 is 0 Å². The van der Waals surface area contributed by atoms with Gasteiger partial charge in [0.05, 0.1) is 28.8 Å². The quantitative estimate of drug-likeness (QED) is 0.185. The van der Waals surface area contributed by atoms with E-state index in [0.29, 0.717) is 16.3 Å². The highest BCUT2D eigenvalue weighted by Crippen LogP contribution is 2.45. The van der Waals surface area contributed by atoms with Crippen LogP contribution in [0.2, 0.25) is 0 Å². The molecule has 9 aromatic rings. The summed E-state index contributed by atoms with van der Waals surface area (Å²) in [4.78, 5) is 0. The van der Waals surface area contributed by atoms with E-state index in [1.165, 1.54) is 0 Å². The fourth-order valence-electron chi connectivity index (χ4n) is 5.55. The zero-order chi connectivity index (χ0) is 48.0. The van der Waals surface area contributed by atoms with Crippen molar-refractivity contribution in [2.24, 2.45) is 0 Å². The molecule has 1 heterocycles. The summed E-state index contributed by atoms with van der Waals surface area (Å²) in [6, 6.07) is -4.02. The molecule has 0 atom stereocenters. The van der Waals surface area contributed by atoms with Gasteiger partial charge in [-0.2, -0.15) is 0 Å². The fourth-order valence-corrected chi connectivity index (χ4v) is 5.55. The number of hydrogen-bond acceptors (Lipinski definition) is 1. The van der Waals surface area contributed by atoms with E-state index >= 15 is 0 Å². The van der Waals surface area contributed by atoms with Gasteiger partial charge in [-0.3, -0.25) is 0 Å². The van der Waals surface area contributed by atoms with Crippen molar-refractivity contribution in [2.45, 2.75) is 0 Å². The van der Waals surface area contributed by atoms with Crippen LogP contribution in [0.3, 0.4) is 0 Å². The Hall–Kier alpha value is -5.92. The van der Waals surface area contributed by atoms with E-state index in [2.05, 4.69) is 0 Å². The van der Waals surface area contributed by atoms with Crippen molar-refractivity contribution in [3.8, 4) is 44.7 Å². The van der Waals surface area contributed by atoms with Gasteiger partial charge in [0.15, 0.2) is 0 Å². The second-order valence-corrected chi connectivity index (χ2v) is 10.0. The molecule has 0 aliphatic rings. The minimum atomic E-state index is -0.886. The van der Waals surface area contributed by atoms with E-state index in [1.54, 1.807) is 42.5 Å². The molecule has 0 amide bonds. The lowest BCUT2D eigenvalue weighted by atomic mass is 9.84. The zero-order valence-electron chi connectivity index (χ0n) is 43.9. The van der Waals surface area contributed by atoms with Crippen molar-refractivity contribution in [3.05, 3.63) is 169 Å². The summed E-state index contributed by atoms with van der Waals surface area (Å²) in [5.41, 5.74) is -3.24. The Morgan fingerprint density at radius 2 is 0.978 bits per heavy atom. The van der Waals surface area contributed by atoms with Crippen molar-refractivity contribution in [3.63, 3.8) is 0 Å². The molecule has 0 aliphatic heterocycles. The maximum atomic E-state index is 9.62. The summed E-state index contributed by atoms with van der Waals surface area (Å²) in [6.45, 7) is 0. The first-order chi connectivity index (χ1) is 31.1. The van der Waals surface area contributed by atoms with Gasteiger partial charge in [0, 0.05) is 10.9 Å². The topological polar surface area (TPSA) is 13.1 Å². The molecule has 0 N–H and O–H groups in total. The molecule has 8 aromatic carbocycles. The first-order valence-corrected chi connectivity index (χ1v) is 13.7. The molecule has 0 radical (unpaired) electrons. The molecule has 0 spiro atoms. The van der Waals surface area contributed by atoms with Crippen molar-refractivity contribution in [1.82, 2.24) is 0 Å². The SMILES string of the molecule is [2H]c1c([2H])c([2H])c(-c2c([2H])c([2H])c(-c3oc4c([2H])c(-c5c6c([2H])c([2H])c([2H])c([2H])c6c(-c6cccc7ccccc67)c6c([2H])c([2H])c([2H])c([2H])c56)c([2H])c([2H])c4c3[2H])c([2H])c2[2H])c([2H])c1[2H]. The smallest absolute Gasteiger partial charge is 0.135 e. The largest absolute Gasteiger partial charge is 0.456 e. The zero-order valence-corrected chi connectivity index (χ0v) is 22.9. The number of hydrogen-bond donors (Lipinski definition) is 0. The summed E-state index contributed by atoms with van der Waals surface area (Å²) >= 11 is 0. The molecule has 210 valence electrons. The van der Waals surface area contributed by atoms with Gasteiger partial charge in [-0.1, -0.05) is 157 Å². The molecule has 0 aliphatic carbocycles. The predicted molar refractivity (Wildman–Crippen MR) is 190 cm³/mol. The lowest BCUT2D eigenvalue weighted by Crippen LogP contribution is -1.91. The minimum absolute atomic E-state index is 0.00826. The van der Waals surface area contributed by atoms with E-state index in [4.69, 9.17) is 23.6 Å². The van der Waals surface area contributed by atoms with Gasteiger partial charge in [0.2, 0.25) is 0 Å². The van der Waals surface area contributed by atoms with Gasteiger partial charge in [-0.05, 0) is 77.8 Å². The summed E-state index contributed by atoms with van der Waals surface area (Å²) in [7, 11) is 0. The Labute approximate surface area is 291 Å². The monoisotopic (exact) mass is 593 g/mol. The molecule has 1 aromatic heterocycles. The van der Waals surface area contributed by atoms with Crippen molar-refractivity contribution < 1.29 is 33.2 Å². The van der Waals surface area contributed by atoms with Crippen LogP contribution in [0.15, 0.2) is 174 Å². The first-order valence-electron chi connectivity index (χ1n) is 24.2. The van der Waals surface area contributed by atoms with Crippen LogP contribution in [-0.4, -0.2) is 0 Å². The molecule has 1 nitrogen and oxygen atoms in total. The van der Waals surface area contributed by atoms with E-state index in [1.807, 2.05) is 0 Å². The van der Waals surface area contributed by atoms with Crippen molar-refractivity contribution in [2.75, 3.05) is 0 Å². The maximum Gasteiger partial charge on any atom is 0.135 e. The maximum absolute atomic E-state index is 9.62. The highest BCUT2D eigenvalue weighted by atomic mass is 16.3. The van der Waals surface area contributed by atoms with Crippen molar-refractivity contribution >= 4 is 43.3 Å². The van der Waals surface area contributed by atoms with Gasteiger partial charge < -0.3 is 4.42 Å². The molecular weight excluding hydrogens is 544 g/mol. The summed E-state index contributed by atoms with van der Waals surface area (Å²) in [5.74, 6) is -0.710. The van der Waals surface area contributed by atoms with Gasteiger partial charge in [0.1, 0.15) is 11.3 Å². The van der Waals surface area contributed by atoms with Gasteiger partial charge in [0.25, 0.3) is 0 Å². The molecular formula is C44H28O. The molecule has 0 saturated carbocycles. The van der Waals surface area contributed by atoms with Crippen LogP contribution in [0.1, 0.15) is 28.8 Å². The second-order valence-electron chi connectivity index (χ2n) is 10.0. The molecule has 0 saturated heterocycles. The fraction of sp³-hybridized carbons (Fsp3) is 0. The molecule has 9 rings (SSSR count). The Morgan fingerprint density at radius 1 is 0.400 bits per heavy atom. The lowest BCUT2D eigenvalue weighted by molar-refractivity contribution is 0.632. The lowest BCUT2D eigenvalue weighted by Gasteiger charge is -2.18. The average Bonchev–Trinajstić information content (AvgIpc) is 3.65. The van der Waals surface area contributed by atoms with E-state index in [0.717, 1.165) is 0 Å². The third kappa shape index (κ3) is 4.24. The standard InChI is InChI=1S/C44H28O/c1-2-11-29(12-3-1)30-21-23-32(24-22-30)41-27-33-25-26-34(28-42(33)45-41)43-37-16-6-8-18-39(37)44(40-19-9-7-17-38(40)43)36-20-10-14-31-13-4-5-15-35(31)36/h1-28H/i1D,2D,3D,6D,7D,8D,9D,11D,12D,16D,17D,18D,19D,21D,22D,23D,24D,25D,26D,27D,28D. The summed E-state index contributed by atoms with van der Waals surface area (Å²) in [5, 5.41) is -0.419. The molecule has 0 bridgehead atoms. The van der Waals surface area contributed by atoms with Gasteiger partial charge >= 0.3 is 0 Å². The Morgan fingerprint density at radius 3 is 1.71 bits per heavy atom. The normalized spacial score (nSPS) is 18.1. The Balaban J connectivity index is 1.44. The van der Waals surface area contributed by atoms with Crippen molar-refractivity contribution in [1.29, 1.82) is 0 Å². The highest BCUT2D eigenvalue weighted by molar-refractivity contribution is 6.23. The number of benzene rings is 8. The molecule has 45 heavy (non-hydrogen) atoms. The Kier molecular flexibility index (Phi) is 2.82. The summed E-state index contributed by atoms with van der Waals surface area (Å²) < 4.78 is 193.